The van der Waals surface area contributed by atoms with Gasteiger partial charge in [0.05, 0.1) is 13.3 Å². The van der Waals surface area contributed by atoms with E-state index in [4.69, 9.17) is 14.2 Å². The normalized spacial score (nSPS) is 10.6. The van der Waals surface area contributed by atoms with Gasteiger partial charge < -0.3 is 19.5 Å². The summed E-state index contributed by atoms with van der Waals surface area (Å²) >= 11 is 0. The van der Waals surface area contributed by atoms with Crippen LogP contribution in [0.1, 0.15) is 12.5 Å². The smallest absolute Gasteiger partial charge is 0.262 e. The molecule has 1 aromatic heterocycles. The van der Waals surface area contributed by atoms with Gasteiger partial charge in [-0.15, -0.1) is 0 Å². The third-order valence-electron chi connectivity index (χ3n) is 3.79. The van der Waals surface area contributed by atoms with Crippen molar-refractivity contribution >= 4 is 17.7 Å². The second kappa shape index (κ2) is 9.89. The summed E-state index contributed by atoms with van der Waals surface area (Å²) in [4.78, 5) is 20.3. The second-order valence-electron chi connectivity index (χ2n) is 5.92. The number of benzene rings is 2. The number of carbonyl (C=O) groups is 1. The van der Waals surface area contributed by atoms with Crippen LogP contribution in [0.5, 0.6) is 23.1 Å². The van der Waals surface area contributed by atoms with Crippen LogP contribution in [-0.2, 0) is 4.79 Å². The fourth-order valence-corrected chi connectivity index (χ4v) is 2.54. The fourth-order valence-electron chi connectivity index (χ4n) is 2.54. The number of hydrogen-bond donors (Lipinski definition) is 1. The number of hydrogen-bond acceptors (Lipinski definition) is 6. The highest BCUT2D eigenvalue weighted by Crippen LogP contribution is 2.28. The van der Waals surface area contributed by atoms with Crippen LogP contribution >= 0.6 is 0 Å². The average molecular weight is 391 g/mol. The summed E-state index contributed by atoms with van der Waals surface area (Å²) in [7, 11) is 1.56. The maximum Gasteiger partial charge on any atom is 0.262 e. The minimum atomic E-state index is -0.304. The van der Waals surface area contributed by atoms with Gasteiger partial charge in [-0.3, -0.25) is 9.78 Å². The highest BCUT2D eigenvalue weighted by Gasteiger charge is 2.09. The molecule has 0 atom stereocenters. The molecule has 148 valence electrons. The van der Waals surface area contributed by atoms with E-state index in [1.165, 1.54) is 12.4 Å². The molecule has 29 heavy (non-hydrogen) atoms. The topological polar surface area (TPSA) is 82.6 Å². The first-order valence-corrected chi connectivity index (χ1v) is 8.95. The van der Waals surface area contributed by atoms with Crippen LogP contribution in [0, 0.1) is 0 Å². The number of nitrogens with zero attached hydrogens (tertiary/aromatic N) is 2. The molecule has 0 unspecified atom stereocenters. The lowest BCUT2D eigenvalue weighted by Gasteiger charge is -2.12. The predicted octanol–water partition coefficient (Wildman–Crippen LogP) is 4.33. The molecule has 7 nitrogen and oxygen atoms in total. The second-order valence-corrected chi connectivity index (χ2v) is 5.92. The van der Waals surface area contributed by atoms with E-state index in [1.807, 2.05) is 31.2 Å². The predicted molar refractivity (Wildman–Crippen MR) is 110 cm³/mol. The Bertz CT molecular complexity index is 990. The quantitative estimate of drug-likeness (QED) is 0.615. The van der Waals surface area contributed by atoms with Crippen molar-refractivity contribution in [2.75, 3.05) is 19.0 Å². The molecule has 0 aliphatic rings. The molecule has 0 saturated carbocycles. The first-order chi connectivity index (χ1) is 14.2. The summed E-state index contributed by atoms with van der Waals surface area (Å²) in [6.45, 7) is 1.78. The summed E-state index contributed by atoms with van der Waals surface area (Å²) in [6, 6.07) is 12.5. The van der Waals surface area contributed by atoms with Crippen LogP contribution in [0.2, 0.25) is 0 Å². The van der Waals surface area contributed by atoms with Crippen LogP contribution in [0.15, 0.2) is 67.1 Å². The summed E-state index contributed by atoms with van der Waals surface area (Å²) in [5.41, 5.74) is 1.57. The van der Waals surface area contributed by atoms with E-state index in [0.29, 0.717) is 28.8 Å². The molecule has 0 fully saturated rings. The van der Waals surface area contributed by atoms with Crippen molar-refractivity contribution in [2.45, 2.75) is 6.92 Å². The number of nitrogens with one attached hydrogen (secondary N) is 1. The molecule has 2 aromatic carbocycles. The summed E-state index contributed by atoms with van der Waals surface area (Å²) < 4.78 is 16.6. The first-order valence-electron chi connectivity index (χ1n) is 8.95. The third-order valence-corrected chi connectivity index (χ3v) is 3.79. The van der Waals surface area contributed by atoms with Gasteiger partial charge in [0.25, 0.3) is 5.91 Å². The summed E-state index contributed by atoms with van der Waals surface area (Å²) in [5.74, 6) is 1.66. The van der Waals surface area contributed by atoms with Crippen molar-refractivity contribution in [1.82, 2.24) is 9.97 Å². The number of anilines is 1. The van der Waals surface area contributed by atoms with E-state index in [-0.39, 0.29) is 12.5 Å². The Labute approximate surface area is 169 Å². The highest BCUT2D eigenvalue weighted by molar-refractivity contribution is 5.92. The maximum absolute atomic E-state index is 12.3. The zero-order valence-corrected chi connectivity index (χ0v) is 16.2. The fraction of sp³-hybridized carbons (Fsp3) is 0.136. The summed E-state index contributed by atoms with van der Waals surface area (Å²) in [6.07, 6.45) is 8.50. The SMILES string of the molecule is C/C=C/c1ccc(OCC(=O)Nc2cccc(Oc3cnccn3)c2)c(OC)c1. The Kier molecular flexibility index (Phi) is 6.78. The molecular formula is C22H21N3O4. The molecule has 7 heteroatoms. The molecular weight excluding hydrogens is 370 g/mol. The number of amides is 1. The number of allylic oxidation sites excluding steroid dienone is 1. The Morgan fingerprint density at radius 1 is 1.14 bits per heavy atom. The van der Waals surface area contributed by atoms with Gasteiger partial charge in [-0.2, -0.15) is 0 Å². The van der Waals surface area contributed by atoms with E-state index in [9.17, 15) is 4.79 Å². The Hall–Kier alpha value is -3.87. The Morgan fingerprint density at radius 3 is 2.79 bits per heavy atom. The van der Waals surface area contributed by atoms with E-state index >= 15 is 0 Å². The third kappa shape index (κ3) is 5.80. The number of methoxy groups -OCH3 is 1. The van der Waals surface area contributed by atoms with Crippen LogP contribution < -0.4 is 19.5 Å². The monoisotopic (exact) mass is 391 g/mol. The zero-order chi connectivity index (χ0) is 20.5. The van der Waals surface area contributed by atoms with E-state index in [2.05, 4.69) is 15.3 Å². The Morgan fingerprint density at radius 2 is 2.03 bits per heavy atom. The van der Waals surface area contributed by atoms with Crippen molar-refractivity contribution in [3.05, 3.63) is 72.7 Å². The molecule has 1 amide bonds. The minimum Gasteiger partial charge on any atom is -0.493 e. The van der Waals surface area contributed by atoms with Gasteiger partial charge in [0.1, 0.15) is 5.75 Å². The Balaban J connectivity index is 1.59. The van der Waals surface area contributed by atoms with Crippen LogP contribution in [0.3, 0.4) is 0 Å². The van der Waals surface area contributed by atoms with Crippen molar-refractivity contribution in [3.63, 3.8) is 0 Å². The minimum absolute atomic E-state index is 0.158. The molecule has 0 aliphatic carbocycles. The van der Waals surface area contributed by atoms with E-state index in [1.54, 1.807) is 43.6 Å². The van der Waals surface area contributed by atoms with Gasteiger partial charge in [0.2, 0.25) is 5.88 Å². The van der Waals surface area contributed by atoms with Crippen LogP contribution in [0.25, 0.3) is 6.08 Å². The number of carbonyl (C=O) groups excluding carboxylic acids is 1. The summed E-state index contributed by atoms with van der Waals surface area (Å²) in [5, 5.41) is 2.78. The number of rotatable bonds is 8. The van der Waals surface area contributed by atoms with Crippen LogP contribution in [0.4, 0.5) is 5.69 Å². The zero-order valence-electron chi connectivity index (χ0n) is 16.2. The molecule has 3 rings (SSSR count). The molecule has 1 N–H and O–H groups in total. The highest BCUT2D eigenvalue weighted by atomic mass is 16.5. The largest absolute Gasteiger partial charge is 0.493 e. The van der Waals surface area contributed by atoms with Crippen molar-refractivity contribution in [1.29, 1.82) is 0 Å². The molecule has 0 bridgehead atoms. The molecule has 0 saturated heterocycles. The van der Waals surface area contributed by atoms with Gasteiger partial charge in [-0.05, 0) is 36.8 Å². The lowest BCUT2D eigenvalue weighted by atomic mass is 10.2. The molecule has 3 aromatic rings. The van der Waals surface area contributed by atoms with Crippen molar-refractivity contribution in [2.24, 2.45) is 0 Å². The average Bonchev–Trinajstić information content (AvgIpc) is 2.74. The standard InChI is InChI=1S/C22H21N3O4/c1-3-5-16-8-9-19(20(12-16)27-2)28-15-21(26)25-17-6-4-7-18(13-17)29-22-14-23-10-11-24-22/h3-14H,15H2,1-2H3,(H,25,26)/b5-3+. The first kappa shape index (κ1) is 19.9. The van der Waals surface area contributed by atoms with E-state index < -0.39 is 0 Å². The number of ether oxygens (including phenoxy) is 3. The van der Waals surface area contributed by atoms with Gasteiger partial charge in [0, 0.05) is 24.1 Å². The van der Waals surface area contributed by atoms with Crippen LogP contribution in [-0.4, -0.2) is 29.6 Å². The maximum atomic E-state index is 12.3. The van der Waals surface area contributed by atoms with Crippen molar-refractivity contribution < 1.29 is 19.0 Å². The molecule has 1 heterocycles. The van der Waals surface area contributed by atoms with Gasteiger partial charge in [0.15, 0.2) is 18.1 Å². The number of aromatic nitrogens is 2. The molecule has 0 radical (unpaired) electrons. The lowest BCUT2D eigenvalue weighted by Crippen LogP contribution is -2.20. The van der Waals surface area contributed by atoms with Gasteiger partial charge in [-0.25, -0.2) is 4.98 Å². The van der Waals surface area contributed by atoms with E-state index in [0.717, 1.165) is 5.56 Å². The van der Waals surface area contributed by atoms with Gasteiger partial charge in [-0.1, -0.05) is 24.3 Å². The lowest BCUT2D eigenvalue weighted by molar-refractivity contribution is -0.118. The molecule has 0 spiro atoms. The van der Waals surface area contributed by atoms with Gasteiger partial charge >= 0.3 is 0 Å². The van der Waals surface area contributed by atoms with Crippen molar-refractivity contribution in [3.8, 4) is 23.1 Å². The molecule has 0 aliphatic heterocycles.